The molecule has 1 rings (SSSR count). The fraction of sp³-hybridized carbons (Fsp3) is 0.200. The van der Waals surface area contributed by atoms with Gasteiger partial charge in [0.15, 0.2) is 0 Å². The van der Waals surface area contributed by atoms with E-state index in [1.54, 1.807) is 28.0 Å². The topological polar surface area (TPSA) is 0 Å². The van der Waals surface area contributed by atoms with E-state index >= 15 is 0 Å². The molecule has 0 aromatic rings. The molecule has 0 unspecified atom stereocenters. The third-order valence-electron chi connectivity index (χ3n) is 0.771. The van der Waals surface area contributed by atoms with Crippen LogP contribution in [0.1, 0.15) is 6.42 Å². The Morgan fingerprint density at radius 2 is 1.78 bits per heavy atom. The second-order valence-corrected chi connectivity index (χ2v) is 2.90. The minimum absolute atomic E-state index is 0. The van der Waals surface area contributed by atoms with Gasteiger partial charge in [-0.25, -0.2) is 0 Å². The zero-order valence-electron chi connectivity index (χ0n) is 4.66. The van der Waals surface area contributed by atoms with Crippen molar-refractivity contribution < 1.29 is 24.7 Å². The van der Waals surface area contributed by atoms with E-state index in [1.165, 1.54) is 6.42 Å². The van der Waals surface area contributed by atoms with Crippen LogP contribution in [0.5, 0.6) is 0 Å². The van der Waals surface area contributed by atoms with Crippen LogP contribution in [0.2, 0.25) is 0 Å². The van der Waals surface area contributed by atoms with Gasteiger partial charge in [-0.05, 0) is 0 Å². The van der Waals surface area contributed by atoms with Gasteiger partial charge in [-0.15, -0.1) is 50.9 Å². The Bertz CT molecular complexity index is 109. The molecule has 0 fully saturated rings. The molecule has 0 radical (unpaired) electrons. The van der Waals surface area contributed by atoms with Gasteiger partial charge < -0.3 is 0 Å². The predicted molar refractivity (Wildman–Crippen MR) is 52.8 cm³/mol. The van der Waals surface area contributed by atoms with Gasteiger partial charge >= 0.3 is 52.6 Å². The summed E-state index contributed by atoms with van der Waals surface area (Å²) in [5, 5.41) is 0. The van der Waals surface area contributed by atoms with Gasteiger partial charge in [0.05, 0.1) is 0 Å². The molecule has 0 bridgehead atoms. The molecule has 0 saturated heterocycles. The van der Waals surface area contributed by atoms with E-state index in [0.717, 1.165) is 0 Å². The van der Waals surface area contributed by atoms with E-state index in [2.05, 4.69) is 18.2 Å². The quantitative estimate of drug-likeness (QED) is 0.588. The first kappa shape index (κ1) is 17.1. The van der Waals surface area contributed by atoms with Crippen LogP contribution < -0.4 is 0 Å². The predicted octanol–water partition coefficient (Wildman–Crippen LogP) is 3.11. The van der Waals surface area contributed by atoms with E-state index in [0.29, 0.717) is 0 Å². The number of allylic oxidation sites excluding steroid dienone is 4. The van der Waals surface area contributed by atoms with Gasteiger partial charge in [-0.3, -0.25) is 0 Å². The Labute approximate surface area is 102 Å². The van der Waals surface area contributed by atoms with Crippen molar-refractivity contribution in [2.45, 2.75) is 6.42 Å². The summed E-state index contributed by atoms with van der Waals surface area (Å²) in [4.78, 5) is 0. The molecule has 0 nitrogen and oxygen atoms in total. The van der Waals surface area contributed by atoms with Crippen molar-refractivity contribution in [1.82, 2.24) is 0 Å². The van der Waals surface area contributed by atoms with Gasteiger partial charge in [0.1, 0.15) is 0 Å². The minimum atomic E-state index is 0. The fourth-order valence-electron chi connectivity index (χ4n) is 0.447. The van der Waals surface area contributed by atoms with Crippen LogP contribution in [0.4, 0.5) is 0 Å². The molecule has 0 aromatic carbocycles. The Balaban J connectivity index is -0.000000120. The van der Waals surface area contributed by atoms with E-state index in [-0.39, 0.29) is 50.9 Å². The molecule has 4 heteroatoms. The molecule has 0 heterocycles. The van der Waals surface area contributed by atoms with Crippen molar-refractivity contribution in [2.75, 3.05) is 0 Å². The first-order chi connectivity index (χ1) is 2.89. The molecule has 1 aliphatic rings. The summed E-state index contributed by atoms with van der Waals surface area (Å²) >= 11 is 1.56. The zero-order chi connectivity index (χ0) is 4.41. The van der Waals surface area contributed by atoms with Crippen LogP contribution in [0.3, 0.4) is 0 Å². The molecule has 9 heavy (non-hydrogen) atoms. The summed E-state index contributed by atoms with van der Waals surface area (Å²) in [6.45, 7) is 0. The number of hydrogen-bond acceptors (Lipinski definition) is 0. The Kier molecular flexibility index (Phi) is 18.6. The van der Waals surface area contributed by atoms with Crippen molar-refractivity contribution in [1.29, 1.82) is 0 Å². The summed E-state index contributed by atoms with van der Waals surface area (Å²) in [5.41, 5.74) is 0. The number of hydrogen-bond donors (Lipinski definition) is 0. The maximum absolute atomic E-state index is 2.18. The van der Waals surface area contributed by atoms with Gasteiger partial charge in [0.25, 0.3) is 0 Å². The average Bonchev–Trinajstić information content (AvgIpc) is 1.86. The summed E-state index contributed by atoms with van der Waals surface area (Å²) in [7, 11) is 0. The van der Waals surface area contributed by atoms with Crippen LogP contribution in [0.25, 0.3) is 0 Å². The average molecular weight is 399 g/mol. The van der Waals surface area contributed by atoms with Crippen LogP contribution in [-0.2, 0) is 24.7 Å². The molecule has 0 spiro atoms. The first-order valence-electron chi connectivity index (χ1n) is 1.97. The van der Waals surface area contributed by atoms with Crippen LogP contribution in [0.15, 0.2) is 21.5 Å². The molecule has 0 aliphatic heterocycles. The molecule has 0 saturated carbocycles. The molecular weight excluding hydrogens is 391 g/mol. The molecular formula is C5H8Br3Zr. The number of rotatable bonds is 0. The van der Waals surface area contributed by atoms with E-state index in [9.17, 15) is 0 Å². The normalized spacial score (nSPS) is 12.1. The Morgan fingerprint density at radius 1 is 1.22 bits per heavy atom. The maximum atomic E-state index is 2.18. The monoisotopic (exact) mass is 395 g/mol. The summed E-state index contributed by atoms with van der Waals surface area (Å²) in [5.74, 6) is 0. The first-order valence-corrected chi connectivity index (χ1v) is 3.20. The Morgan fingerprint density at radius 3 is 1.89 bits per heavy atom. The molecule has 0 aromatic heterocycles. The standard InChI is InChI=1S/C5H5.3BrH.Zr/c1-2-4-5-3-1;;;;/h1-3H,4H2;3*1H;. The summed E-state index contributed by atoms with van der Waals surface area (Å²) < 4.78 is 1.56. The number of halogens is 3. The molecule has 0 amide bonds. The van der Waals surface area contributed by atoms with Crippen LogP contribution >= 0.6 is 50.9 Å². The van der Waals surface area contributed by atoms with Crippen molar-refractivity contribution in [3.63, 3.8) is 0 Å². The summed E-state index contributed by atoms with van der Waals surface area (Å²) in [6.07, 6.45) is 7.69. The molecule has 1 aliphatic carbocycles. The third kappa shape index (κ3) is 7.70. The van der Waals surface area contributed by atoms with Gasteiger partial charge in [-0.1, -0.05) is 0 Å². The van der Waals surface area contributed by atoms with Crippen molar-refractivity contribution in [3.05, 3.63) is 21.5 Å². The van der Waals surface area contributed by atoms with E-state index < -0.39 is 0 Å². The van der Waals surface area contributed by atoms with E-state index in [4.69, 9.17) is 0 Å². The SMILES string of the molecule is Br.Br.Br.[Zr][C]1=CC=CC1. The molecule has 0 atom stereocenters. The zero-order valence-corrected chi connectivity index (χ0v) is 12.3. The van der Waals surface area contributed by atoms with Crippen molar-refractivity contribution >= 4 is 50.9 Å². The van der Waals surface area contributed by atoms with Gasteiger partial charge in [0, 0.05) is 0 Å². The van der Waals surface area contributed by atoms with Crippen molar-refractivity contribution in [2.24, 2.45) is 0 Å². The van der Waals surface area contributed by atoms with Crippen molar-refractivity contribution in [3.8, 4) is 0 Å². The second-order valence-electron chi connectivity index (χ2n) is 1.32. The van der Waals surface area contributed by atoms with E-state index in [1.807, 2.05) is 0 Å². The van der Waals surface area contributed by atoms with Gasteiger partial charge in [0.2, 0.25) is 0 Å². The van der Waals surface area contributed by atoms with Crippen LogP contribution in [-0.4, -0.2) is 0 Å². The Hall–Kier alpha value is 1.80. The molecule has 53 valence electrons. The van der Waals surface area contributed by atoms with Gasteiger partial charge in [-0.2, -0.15) is 0 Å². The molecule has 0 N–H and O–H groups in total. The van der Waals surface area contributed by atoms with Crippen LogP contribution in [0, 0.1) is 0 Å². The fourth-order valence-corrected chi connectivity index (χ4v) is 0.973. The third-order valence-corrected chi connectivity index (χ3v) is 1.68. The summed E-state index contributed by atoms with van der Waals surface area (Å²) in [6, 6.07) is 0. The second kappa shape index (κ2) is 9.80.